The summed E-state index contributed by atoms with van der Waals surface area (Å²) in [5.41, 5.74) is 5.10. The Bertz CT molecular complexity index is 681. The third-order valence-corrected chi connectivity index (χ3v) is 3.88. The zero-order valence-corrected chi connectivity index (χ0v) is 12.3. The molecule has 0 radical (unpaired) electrons. The summed E-state index contributed by atoms with van der Waals surface area (Å²) >= 11 is 0. The van der Waals surface area contributed by atoms with Crippen LogP contribution in [-0.4, -0.2) is 16.9 Å². The average molecular weight is 281 g/mol. The Hall–Kier alpha value is -2.20. The fraction of sp³-hybridized carbons (Fsp3) is 0.294. The monoisotopic (exact) mass is 281 g/mol. The fourth-order valence-corrected chi connectivity index (χ4v) is 2.68. The number of fused-ring (bicyclic) bond motifs is 1. The number of anilines is 1. The number of carbonyl (C=O) groups excluding carboxylic acids is 1. The van der Waals surface area contributed by atoms with Crippen molar-refractivity contribution in [1.29, 1.82) is 0 Å². The van der Waals surface area contributed by atoms with Crippen LogP contribution in [0.2, 0.25) is 0 Å². The molecule has 21 heavy (non-hydrogen) atoms. The van der Waals surface area contributed by atoms with Gasteiger partial charge in [-0.15, -0.1) is 0 Å². The number of aromatic nitrogens is 1. The number of nitrogens with zero attached hydrogens (tertiary/aromatic N) is 1. The van der Waals surface area contributed by atoms with E-state index in [2.05, 4.69) is 27.8 Å². The smallest absolute Gasteiger partial charge is 0.241 e. The molecule has 0 spiro atoms. The molecule has 4 heteroatoms. The highest BCUT2D eigenvalue weighted by Gasteiger charge is 2.24. The maximum atomic E-state index is 12.4. The molecule has 0 saturated carbocycles. The van der Waals surface area contributed by atoms with Gasteiger partial charge in [-0.1, -0.05) is 24.3 Å². The second-order valence-electron chi connectivity index (χ2n) is 5.48. The molecule has 2 N–H and O–H groups in total. The van der Waals surface area contributed by atoms with Crippen LogP contribution in [0.3, 0.4) is 0 Å². The van der Waals surface area contributed by atoms with Crippen molar-refractivity contribution in [2.45, 2.75) is 32.9 Å². The van der Waals surface area contributed by atoms with Crippen LogP contribution in [0.5, 0.6) is 0 Å². The standard InChI is InChI=1S/C17H19N3O/c1-11-7-8-15(12(2)19-11)20-17(21)16-9-13-5-3-4-6-14(13)10-18-16/h3-8,16,18H,9-10H2,1-2H3,(H,20,21)/t16-/m0/s1. The highest BCUT2D eigenvalue weighted by Crippen LogP contribution is 2.18. The van der Waals surface area contributed by atoms with Crippen molar-refractivity contribution in [2.75, 3.05) is 5.32 Å². The lowest BCUT2D eigenvalue weighted by Crippen LogP contribution is -2.44. The number of carbonyl (C=O) groups is 1. The van der Waals surface area contributed by atoms with Crippen LogP contribution < -0.4 is 10.6 Å². The summed E-state index contributed by atoms with van der Waals surface area (Å²) in [5.74, 6) is -0.00161. The van der Waals surface area contributed by atoms with Gasteiger partial charge in [-0.25, -0.2) is 0 Å². The van der Waals surface area contributed by atoms with E-state index in [9.17, 15) is 4.79 Å². The van der Waals surface area contributed by atoms with E-state index >= 15 is 0 Å². The molecule has 0 bridgehead atoms. The molecule has 0 fully saturated rings. The molecule has 1 aliphatic rings. The zero-order valence-electron chi connectivity index (χ0n) is 12.3. The molecule has 0 unspecified atom stereocenters. The molecule has 3 rings (SSSR count). The van der Waals surface area contributed by atoms with Crippen molar-refractivity contribution in [3.63, 3.8) is 0 Å². The van der Waals surface area contributed by atoms with E-state index in [1.165, 1.54) is 11.1 Å². The van der Waals surface area contributed by atoms with Crippen molar-refractivity contribution in [3.8, 4) is 0 Å². The number of rotatable bonds is 2. The van der Waals surface area contributed by atoms with Crippen LogP contribution in [-0.2, 0) is 17.8 Å². The van der Waals surface area contributed by atoms with E-state index in [0.29, 0.717) is 0 Å². The van der Waals surface area contributed by atoms with Gasteiger partial charge in [-0.3, -0.25) is 9.78 Å². The summed E-state index contributed by atoms with van der Waals surface area (Å²) in [6.45, 7) is 4.59. The predicted molar refractivity (Wildman–Crippen MR) is 83.1 cm³/mol. The quantitative estimate of drug-likeness (QED) is 0.888. The Kier molecular flexibility index (Phi) is 3.71. The Morgan fingerprint density at radius 1 is 1.19 bits per heavy atom. The van der Waals surface area contributed by atoms with Crippen molar-refractivity contribution in [3.05, 3.63) is 58.9 Å². The van der Waals surface area contributed by atoms with Gasteiger partial charge in [0.2, 0.25) is 5.91 Å². The normalized spacial score (nSPS) is 17.1. The average Bonchev–Trinajstić information content (AvgIpc) is 2.49. The summed E-state index contributed by atoms with van der Waals surface area (Å²) in [6, 6.07) is 11.9. The predicted octanol–water partition coefficient (Wildman–Crippen LogP) is 2.35. The maximum Gasteiger partial charge on any atom is 0.241 e. The molecule has 0 aliphatic carbocycles. The fourth-order valence-electron chi connectivity index (χ4n) is 2.68. The minimum atomic E-state index is -0.194. The summed E-state index contributed by atoms with van der Waals surface area (Å²) in [6.07, 6.45) is 0.723. The highest BCUT2D eigenvalue weighted by molar-refractivity contribution is 5.95. The molecule has 1 aromatic heterocycles. The topological polar surface area (TPSA) is 54.0 Å². The SMILES string of the molecule is Cc1ccc(NC(=O)[C@@H]2Cc3ccccc3CN2)c(C)n1. The Labute approximate surface area is 124 Å². The molecule has 1 aromatic carbocycles. The largest absolute Gasteiger partial charge is 0.323 e. The number of amides is 1. The second-order valence-corrected chi connectivity index (χ2v) is 5.48. The van der Waals surface area contributed by atoms with E-state index in [1.807, 2.05) is 38.1 Å². The number of pyridine rings is 1. The minimum Gasteiger partial charge on any atom is -0.323 e. The number of nitrogens with one attached hydrogen (secondary N) is 2. The summed E-state index contributed by atoms with van der Waals surface area (Å²) in [7, 11) is 0. The number of aryl methyl sites for hydroxylation is 2. The van der Waals surface area contributed by atoms with E-state index in [0.717, 1.165) is 30.0 Å². The Balaban J connectivity index is 1.72. The first-order valence-corrected chi connectivity index (χ1v) is 7.19. The van der Waals surface area contributed by atoms with Gasteiger partial charge in [0.05, 0.1) is 17.4 Å². The van der Waals surface area contributed by atoms with Crippen LogP contribution in [0.15, 0.2) is 36.4 Å². The Morgan fingerprint density at radius 2 is 1.95 bits per heavy atom. The number of hydrogen-bond donors (Lipinski definition) is 2. The molecule has 1 amide bonds. The minimum absolute atomic E-state index is 0.00161. The van der Waals surface area contributed by atoms with Gasteiger partial charge < -0.3 is 10.6 Å². The van der Waals surface area contributed by atoms with Crippen LogP contribution in [0, 0.1) is 13.8 Å². The molecule has 4 nitrogen and oxygen atoms in total. The van der Waals surface area contributed by atoms with Crippen LogP contribution >= 0.6 is 0 Å². The van der Waals surface area contributed by atoms with E-state index in [4.69, 9.17) is 0 Å². The number of benzene rings is 1. The van der Waals surface area contributed by atoms with Crippen LogP contribution in [0.4, 0.5) is 5.69 Å². The molecule has 1 atom stereocenters. The van der Waals surface area contributed by atoms with E-state index < -0.39 is 0 Å². The van der Waals surface area contributed by atoms with Gasteiger partial charge in [-0.05, 0) is 43.5 Å². The number of hydrogen-bond acceptors (Lipinski definition) is 3. The van der Waals surface area contributed by atoms with Gasteiger partial charge in [0.15, 0.2) is 0 Å². The lowest BCUT2D eigenvalue weighted by atomic mass is 9.95. The molecule has 2 heterocycles. The molecular formula is C17H19N3O. The molecule has 0 saturated heterocycles. The highest BCUT2D eigenvalue weighted by atomic mass is 16.2. The second kappa shape index (κ2) is 5.66. The third-order valence-electron chi connectivity index (χ3n) is 3.88. The van der Waals surface area contributed by atoms with Crippen molar-refractivity contribution >= 4 is 11.6 Å². The van der Waals surface area contributed by atoms with Gasteiger partial charge in [0, 0.05) is 12.2 Å². The van der Waals surface area contributed by atoms with Gasteiger partial charge >= 0.3 is 0 Å². The van der Waals surface area contributed by atoms with Gasteiger partial charge in [0.1, 0.15) is 0 Å². The maximum absolute atomic E-state index is 12.4. The summed E-state index contributed by atoms with van der Waals surface area (Å²) < 4.78 is 0. The third kappa shape index (κ3) is 2.95. The van der Waals surface area contributed by atoms with Crippen LogP contribution in [0.25, 0.3) is 0 Å². The molecule has 1 aliphatic heterocycles. The van der Waals surface area contributed by atoms with Gasteiger partial charge in [0.25, 0.3) is 0 Å². The van der Waals surface area contributed by atoms with Crippen molar-refractivity contribution < 1.29 is 4.79 Å². The lowest BCUT2D eigenvalue weighted by Gasteiger charge is -2.25. The Morgan fingerprint density at radius 3 is 2.71 bits per heavy atom. The van der Waals surface area contributed by atoms with E-state index in [1.54, 1.807) is 0 Å². The van der Waals surface area contributed by atoms with Gasteiger partial charge in [-0.2, -0.15) is 0 Å². The van der Waals surface area contributed by atoms with Crippen molar-refractivity contribution in [1.82, 2.24) is 10.3 Å². The lowest BCUT2D eigenvalue weighted by molar-refractivity contribution is -0.118. The first kappa shape index (κ1) is 13.8. The molecule has 108 valence electrons. The zero-order chi connectivity index (χ0) is 14.8. The summed E-state index contributed by atoms with van der Waals surface area (Å²) in [5, 5.41) is 6.27. The molecule has 2 aromatic rings. The first-order chi connectivity index (χ1) is 10.1. The van der Waals surface area contributed by atoms with E-state index in [-0.39, 0.29) is 11.9 Å². The summed E-state index contributed by atoms with van der Waals surface area (Å²) in [4.78, 5) is 16.8. The first-order valence-electron chi connectivity index (χ1n) is 7.19. The molecular weight excluding hydrogens is 262 g/mol. The van der Waals surface area contributed by atoms with Crippen LogP contribution in [0.1, 0.15) is 22.5 Å². The van der Waals surface area contributed by atoms with Crippen molar-refractivity contribution in [2.24, 2.45) is 0 Å².